The Bertz CT molecular complexity index is 993. The molecule has 164 valence electrons. The van der Waals surface area contributed by atoms with Crippen molar-refractivity contribution in [1.82, 2.24) is 4.72 Å². The minimum absolute atomic E-state index is 0.0191. The average Bonchev–Trinajstić information content (AvgIpc) is 2.67. The topological polar surface area (TPSA) is 84.5 Å². The quantitative estimate of drug-likeness (QED) is 0.600. The summed E-state index contributed by atoms with van der Waals surface area (Å²) in [4.78, 5) is 11.9. The molecule has 2 rings (SSSR count). The van der Waals surface area contributed by atoms with Gasteiger partial charge in [0.05, 0.1) is 10.5 Å². The van der Waals surface area contributed by atoms with Crippen LogP contribution in [0.15, 0.2) is 47.4 Å². The summed E-state index contributed by atoms with van der Waals surface area (Å²) in [6.45, 7) is 3.02. The van der Waals surface area contributed by atoms with Crippen LogP contribution in [0.2, 0.25) is 0 Å². The Kier molecular flexibility index (Phi) is 7.43. The Balaban J connectivity index is 1.97. The summed E-state index contributed by atoms with van der Waals surface area (Å²) in [6.07, 6.45) is -4.28. The highest BCUT2D eigenvalue weighted by atomic mass is 32.2. The van der Waals surface area contributed by atoms with E-state index in [0.29, 0.717) is 18.6 Å². The largest absolute Gasteiger partial charge is 0.484 e. The minimum Gasteiger partial charge on any atom is -0.484 e. The van der Waals surface area contributed by atoms with Gasteiger partial charge in [0, 0.05) is 11.7 Å². The molecular weight excluding hydrogens is 428 g/mol. The van der Waals surface area contributed by atoms with E-state index in [9.17, 15) is 30.8 Å². The molecule has 0 saturated carbocycles. The molecule has 0 radical (unpaired) electrons. The van der Waals surface area contributed by atoms with Gasteiger partial charge in [-0.1, -0.05) is 6.92 Å². The Morgan fingerprint density at radius 1 is 1.13 bits per heavy atom. The molecule has 0 aliphatic heterocycles. The van der Waals surface area contributed by atoms with Crippen LogP contribution in [-0.2, 0) is 21.0 Å². The zero-order valence-corrected chi connectivity index (χ0v) is 16.9. The van der Waals surface area contributed by atoms with E-state index >= 15 is 0 Å². The maximum absolute atomic E-state index is 13.3. The van der Waals surface area contributed by atoms with E-state index in [1.807, 2.05) is 6.92 Å². The fourth-order valence-corrected chi connectivity index (χ4v) is 3.62. The maximum Gasteiger partial charge on any atom is 0.419 e. The van der Waals surface area contributed by atoms with Crippen molar-refractivity contribution in [2.24, 2.45) is 0 Å². The molecule has 11 heteroatoms. The van der Waals surface area contributed by atoms with Crippen LogP contribution in [0.3, 0.4) is 0 Å². The summed E-state index contributed by atoms with van der Waals surface area (Å²) < 4.78 is 83.5. The Morgan fingerprint density at radius 3 is 2.33 bits per heavy atom. The molecule has 0 heterocycles. The van der Waals surface area contributed by atoms with E-state index in [4.69, 9.17) is 4.74 Å². The highest BCUT2D eigenvalue weighted by Gasteiger charge is 2.34. The molecule has 2 aromatic carbocycles. The van der Waals surface area contributed by atoms with E-state index in [1.54, 1.807) is 6.92 Å². The normalized spacial score (nSPS) is 13.0. The van der Waals surface area contributed by atoms with Crippen LogP contribution in [0.4, 0.5) is 23.2 Å². The van der Waals surface area contributed by atoms with Crippen molar-refractivity contribution in [3.8, 4) is 5.75 Å². The number of hydrogen-bond acceptors (Lipinski definition) is 4. The van der Waals surface area contributed by atoms with Gasteiger partial charge in [-0.05, 0) is 55.8 Å². The van der Waals surface area contributed by atoms with E-state index < -0.39 is 40.1 Å². The van der Waals surface area contributed by atoms with Crippen LogP contribution < -0.4 is 14.8 Å². The number of rotatable bonds is 8. The first kappa shape index (κ1) is 23.6. The monoisotopic (exact) mass is 448 g/mol. The predicted octanol–water partition coefficient (Wildman–Crippen LogP) is 3.94. The maximum atomic E-state index is 13.3. The fraction of sp³-hybridized carbons (Fsp3) is 0.316. The van der Waals surface area contributed by atoms with Gasteiger partial charge >= 0.3 is 6.18 Å². The lowest BCUT2D eigenvalue weighted by Gasteiger charge is -2.13. The summed E-state index contributed by atoms with van der Waals surface area (Å²) in [7, 11) is -3.69. The van der Waals surface area contributed by atoms with Gasteiger partial charge in [0.25, 0.3) is 5.91 Å². The Morgan fingerprint density at radius 2 is 1.77 bits per heavy atom. The molecule has 0 aliphatic carbocycles. The van der Waals surface area contributed by atoms with Crippen molar-refractivity contribution in [3.63, 3.8) is 0 Å². The summed E-state index contributed by atoms with van der Waals surface area (Å²) in [5.41, 5.74) is -1.74. The molecule has 1 atom stereocenters. The zero-order valence-electron chi connectivity index (χ0n) is 16.1. The van der Waals surface area contributed by atoms with Crippen LogP contribution in [-0.4, -0.2) is 27.0 Å². The molecule has 2 N–H and O–H groups in total. The van der Waals surface area contributed by atoms with Crippen molar-refractivity contribution in [2.45, 2.75) is 37.4 Å². The second-order valence-corrected chi connectivity index (χ2v) is 8.15. The number of benzene rings is 2. The van der Waals surface area contributed by atoms with Crippen molar-refractivity contribution < 1.29 is 35.5 Å². The van der Waals surface area contributed by atoms with E-state index in [1.165, 1.54) is 24.3 Å². The molecule has 30 heavy (non-hydrogen) atoms. The van der Waals surface area contributed by atoms with Crippen LogP contribution in [0.25, 0.3) is 0 Å². The van der Waals surface area contributed by atoms with Gasteiger partial charge in [-0.25, -0.2) is 17.5 Å². The third kappa shape index (κ3) is 6.42. The molecule has 0 spiro atoms. The number of hydrogen-bond donors (Lipinski definition) is 2. The van der Waals surface area contributed by atoms with E-state index in [2.05, 4.69) is 10.0 Å². The van der Waals surface area contributed by atoms with Crippen LogP contribution in [0.5, 0.6) is 5.75 Å². The number of sulfonamides is 1. The van der Waals surface area contributed by atoms with Gasteiger partial charge in [0.15, 0.2) is 6.61 Å². The highest BCUT2D eigenvalue weighted by molar-refractivity contribution is 7.89. The third-order valence-electron chi connectivity index (χ3n) is 4.03. The van der Waals surface area contributed by atoms with Crippen molar-refractivity contribution in [2.75, 3.05) is 11.9 Å². The Hall–Kier alpha value is -2.66. The van der Waals surface area contributed by atoms with Crippen LogP contribution >= 0.6 is 0 Å². The number of nitrogens with one attached hydrogen (secondary N) is 2. The molecule has 1 unspecified atom stereocenters. The Labute approximate surface area is 171 Å². The lowest BCUT2D eigenvalue weighted by Crippen LogP contribution is -2.31. The lowest BCUT2D eigenvalue weighted by atomic mass is 10.2. The molecule has 0 bridgehead atoms. The van der Waals surface area contributed by atoms with E-state index in [-0.39, 0.29) is 22.4 Å². The molecule has 2 aromatic rings. The SMILES string of the molecule is CCC(C)NS(=O)(=O)c1ccc(OCC(=O)Nc2ccc(F)c(C(F)(F)F)c2)cc1. The summed E-state index contributed by atoms with van der Waals surface area (Å²) in [6, 6.07) is 7.13. The number of carbonyl (C=O) groups excluding carboxylic acids is 1. The number of carbonyl (C=O) groups is 1. The second-order valence-electron chi connectivity index (χ2n) is 6.43. The number of halogens is 4. The summed E-state index contributed by atoms with van der Waals surface area (Å²) in [5, 5.41) is 2.18. The smallest absolute Gasteiger partial charge is 0.419 e. The molecule has 6 nitrogen and oxygen atoms in total. The minimum atomic E-state index is -4.90. The number of ether oxygens (including phenoxy) is 1. The average molecular weight is 448 g/mol. The number of anilines is 1. The molecule has 0 saturated heterocycles. The van der Waals surface area contributed by atoms with Gasteiger partial charge in [-0.3, -0.25) is 4.79 Å². The summed E-state index contributed by atoms with van der Waals surface area (Å²) >= 11 is 0. The van der Waals surface area contributed by atoms with Gasteiger partial charge in [0.1, 0.15) is 11.6 Å². The van der Waals surface area contributed by atoms with Gasteiger partial charge in [-0.2, -0.15) is 13.2 Å². The molecule has 0 fully saturated rings. The number of amides is 1. The number of alkyl halides is 3. The van der Waals surface area contributed by atoms with Gasteiger partial charge in [0.2, 0.25) is 10.0 Å². The van der Waals surface area contributed by atoms with Crippen LogP contribution in [0, 0.1) is 5.82 Å². The van der Waals surface area contributed by atoms with Crippen LogP contribution in [0.1, 0.15) is 25.8 Å². The van der Waals surface area contributed by atoms with Crippen molar-refractivity contribution in [3.05, 3.63) is 53.8 Å². The lowest BCUT2D eigenvalue weighted by molar-refractivity contribution is -0.140. The summed E-state index contributed by atoms with van der Waals surface area (Å²) in [5.74, 6) is -2.04. The predicted molar refractivity (Wildman–Crippen MR) is 102 cm³/mol. The first-order chi connectivity index (χ1) is 13.9. The zero-order chi connectivity index (χ0) is 22.5. The van der Waals surface area contributed by atoms with Crippen molar-refractivity contribution >= 4 is 21.6 Å². The first-order valence-corrected chi connectivity index (χ1v) is 10.3. The molecular formula is C19H20F4N2O4S. The highest BCUT2D eigenvalue weighted by Crippen LogP contribution is 2.33. The first-order valence-electron chi connectivity index (χ1n) is 8.84. The van der Waals surface area contributed by atoms with Gasteiger partial charge in [-0.15, -0.1) is 0 Å². The fourth-order valence-electron chi connectivity index (χ4n) is 2.30. The third-order valence-corrected chi connectivity index (χ3v) is 5.63. The van der Waals surface area contributed by atoms with Crippen molar-refractivity contribution in [1.29, 1.82) is 0 Å². The van der Waals surface area contributed by atoms with Gasteiger partial charge < -0.3 is 10.1 Å². The van der Waals surface area contributed by atoms with E-state index in [0.717, 1.165) is 6.07 Å². The molecule has 0 aliphatic rings. The second kappa shape index (κ2) is 9.43. The molecule has 1 amide bonds. The molecule has 0 aromatic heterocycles. The standard InChI is InChI=1S/C19H20F4N2O4S/c1-3-12(2)25-30(27,28)15-7-5-14(6-8-15)29-11-18(26)24-13-4-9-17(20)16(10-13)19(21,22)23/h4-10,12,25H,3,11H2,1-2H3,(H,24,26).